The maximum Gasteiger partial charge on any atom is 0.0610 e. The summed E-state index contributed by atoms with van der Waals surface area (Å²) in [6.07, 6.45) is 6.63. The van der Waals surface area contributed by atoms with Gasteiger partial charge in [0, 0.05) is 0 Å². The van der Waals surface area contributed by atoms with Gasteiger partial charge in [-0.2, -0.15) is 0 Å². The average Bonchev–Trinajstić information content (AvgIpc) is 2.27. The van der Waals surface area contributed by atoms with E-state index in [1.807, 2.05) is 0 Å². The van der Waals surface area contributed by atoms with Crippen LogP contribution in [0.5, 0.6) is 0 Å². The van der Waals surface area contributed by atoms with Crippen molar-refractivity contribution in [3.05, 3.63) is 0 Å². The standard InChI is InChI=1S/C10H18O/c1-7-3-4-9-6-8(2)11-10(9)5-7/h7-10H,3-6H2,1-2H3. The zero-order valence-electron chi connectivity index (χ0n) is 7.55. The van der Waals surface area contributed by atoms with Gasteiger partial charge in [-0.25, -0.2) is 0 Å². The predicted molar refractivity (Wildman–Crippen MR) is 45.5 cm³/mol. The van der Waals surface area contributed by atoms with Crippen LogP contribution in [0.15, 0.2) is 0 Å². The van der Waals surface area contributed by atoms with Gasteiger partial charge in [-0.05, 0) is 38.0 Å². The molecular formula is C10H18O. The van der Waals surface area contributed by atoms with Crippen molar-refractivity contribution in [3.63, 3.8) is 0 Å². The Bertz CT molecular complexity index is 144. The Kier molecular flexibility index (Phi) is 1.92. The Morgan fingerprint density at radius 2 is 1.91 bits per heavy atom. The minimum Gasteiger partial charge on any atom is -0.375 e. The second kappa shape index (κ2) is 2.78. The molecule has 0 aromatic carbocycles. The molecule has 1 saturated carbocycles. The Morgan fingerprint density at radius 3 is 2.73 bits per heavy atom. The van der Waals surface area contributed by atoms with E-state index in [9.17, 15) is 0 Å². The molecule has 2 aliphatic rings. The van der Waals surface area contributed by atoms with Crippen molar-refractivity contribution in [2.24, 2.45) is 11.8 Å². The van der Waals surface area contributed by atoms with E-state index in [0.29, 0.717) is 12.2 Å². The van der Waals surface area contributed by atoms with Gasteiger partial charge in [-0.15, -0.1) is 0 Å². The average molecular weight is 154 g/mol. The first-order valence-corrected chi connectivity index (χ1v) is 4.91. The van der Waals surface area contributed by atoms with Gasteiger partial charge in [0.1, 0.15) is 0 Å². The van der Waals surface area contributed by atoms with Crippen LogP contribution in [0, 0.1) is 11.8 Å². The largest absolute Gasteiger partial charge is 0.375 e. The van der Waals surface area contributed by atoms with Crippen LogP contribution in [0.1, 0.15) is 39.5 Å². The molecule has 1 nitrogen and oxygen atoms in total. The third-order valence-electron chi connectivity index (χ3n) is 3.23. The number of rotatable bonds is 0. The molecule has 1 heteroatoms. The van der Waals surface area contributed by atoms with Gasteiger partial charge in [-0.1, -0.05) is 13.3 Å². The molecule has 64 valence electrons. The quantitative estimate of drug-likeness (QED) is 0.521. The van der Waals surface area contributed by atoms with Crippen molar-refractivity contribution in [1.29, 1.82) is 0 Å². The Labute approximate surface area is 69.1 Å². The van der Waals surface area contributed by atoms with Crippen molar-refractivity contribution in [1.82, 2.24) is 0 Å². The summed E-state index contributed by atoms with van der Waals surface area (Å²) in [4.78, 5) is 0. The van der Waals surface area contributed by atoms with Crippen molar-refractivity contribution in [2.45, 2.75) is 51.7 Å². The first-order valence-electron chi connectivity index (χ1n) is 4.91. The number of hydrogen-bond acceptors (Lipinski definition) is 1. The van der Waals surface area contributed by atoms with E-state index < -0.39 is 0 Å². The van der Waals surface area contributed by atoms with Gasteiger partial charge in [-0.3, -0.25) is 0 Å². The molecule has 0 spiro atoms. The molecule has 0 N–H and O–H groups in total. The molecular weight excluding hydrogens is 136 g/mol. The molecule has 0 aromatic heterocycles. The lowest BCUT2D eigenvalue weighted by molar-refractivity contribution is 0.0150. The second-order valence-electron chi connectivity index (χ2n) is 4.40. The molecule has 1 aliphatic heterocycles. The smallest absolute Gasteiger partial charge is 0.0610 e. The van der Waals surface area contributed by atoms with Crippen LogP contribution in [0.25, 0.3) is 0 Å². The summed E-state index contributed by atoms with van der Waals surface area (Å²) in [5.41, 5.74) is 0. The van der Waals surface area contributed by atoms with Crippen LogP contribution in [-0.4, -0.2) is 12.2 Å². The molecule has 2 rings (SSSR count). The Morgan fingerprint density at radius 1 is 1.09 bits per heavy atom. The summed E-state index contributed by atoms with van der Waals surface area (Å²) < 4.78 is 5.84. The molecule has 0 amide bonds. The van der Waals surface area contributed by atoms with Crippen molar-refractivity contribution < 1.29 is 4.74 Å². The first-order chi connectivity index (χ1) is 5.25. The summed E-state index contributed by atoms with van der Waals surface area (Å²) in [6.45, 7) is 4.56. The van der Waals surface area contributed by atoms with Crippen molar-refractivity contribution >= 4 is 0 Å². The van der Waals surface area contributed by atoms with Crippen LogP contribution in [-0.2, 0) is 4.74 Å². The van der Waals surface area contributed by atoms with Gasteiger partial charge >= 0.3 is 0 Å². The highest BCUT2D eigenvalue weighted by atomic mass is 16.5. The van der Waals surface area contributed by atoms with E-state index in [1.165, 1.54) is 25.7 Å². The summed E-state index contributed by atoms with van der Waals surface area (Å²) >= 11 is 0. The van der Waals surface area contributed by atoms with E-state index >= 15 is 0 Å². The van der Waals surface area contributed by atoms with E-state index in [0.717, 1.165) is 11.8 Å². The van der Waals surface area contributed by atoms with Crippen LogP contribution in [0.2, 0.25) is 0 Å². The van der Waals surface area contributed by atoms with Crippen LogP contribution in [0.4, 0.5) is 0 Å². The van der Waals surface area contributed by atoms with Crippen LogP contribution in [0.3, 0.4) is 0 Å². The van der Waals surface area contributed by atoms with Gasteiger partial charge in [0.2, 0.25) is 0 Å². The normalized spacial score (nSPS) is 50.7. The molecule has 2 fully saturated rings. The fraction of sp³-hybridized carbons (Fsp3) is 1.00. The third kappa shape index (κ3) is 1.44. The van der Waals surface area contributed by atoms with Crippen molar-refractivity contribution in [3.8, 4) is 0 Å². The predicted octanol–water partition coefficient (Wildman–Crippen LogP) is 2.60. The Balaban J connectivity index is 1.97. The van der Waals surface area contributed by atoms with Gasteiger partial charge in [0.05, 0.1) is 12.2 Å². The lowest BCUT2D eigenvalue weighted by Crippen LogP contribution is -2.24. The van der Waals surface area contributed by atoms with Crippen LogP contribution >= 0.6 is 0 Å². The zero-order valence-corrected chi connectivity index (χ0v) is 7.55. The maximum atomic E-state index is 5.84. The molecule has 0 radical (unpaired) electrons. The molecule has 1 saturated heterocycles. The Hall–Kier alpha value is -0.0400. The maximum absolute atomic E-state index is 5.84. The highest BCUT2D eigenvalue weighted by Crippen LogP contribution is 2.39. The fourth-order valence-electron chi connectivity index (χ4n) is 2.61. The summed E-state index contributed by atoms with van der Waals surface area (Å²) in [6, 6.07) is 0. The lowest BCUT2D eigenvalue weighted by atomic mass is 9.80. The van der Waals surface area contributed by atoms with Gasteiger partial charge in [0.25, 0.3) is 0 Å². The SMILES string of the molecule is CC1CCC2CC(C)OC2C1. The molecule has 1 heterocycles. The zero-order chi connectivity index (χ0) is 7.84. The van der Waals surface area contributed by atoms with Crippen LogP contribution < -0.4 is 0 Å². The molecule has 4 atom stereocenters. The van der Waals surface area contributed by atoms with E-state index in [2.05, 4.69) is 13.8 Å². The number of fused-ring (bicyclic) bond motifs is 1. The topological polar surface area (TPSA) is 9.23 Å². The second-order valence-corrected chi connectivity index (χ2v) is 4.40. The molecule has 0 bridgehead atoms. The number of hydrogen-bond donors (Lipinski definition) is 0. The first kappa shape index (κ1) is 7.60. The lowest BCUT2D eigenvalue weighted by Gasteiger charge is -2.28. The molecule has 0 aromatic rings. The molecule has 1 aliphatic carbocycles. The van der Waals surface area contributed by atoms with E-state index in [4.69, 9.17) is 4.74 Å². The third-order valence-corrected chi connectivity index (χ3v) is 3.23. The monoisotopic (exact) mass is 154 g/mol. The van der Waals surface area contributed by atoms with E-state index in [-0.39, 0.29) is 0 Å². The van der Waals surface area contributed by atoms with Gasteiger partial charge in [0.15, 0.2) is 0 Å². The highest BCUT2D eigenvalue weighted by Gasteiger charge is 2.36. The van der Waals surface area contributed by atoms with Crippen molar-refractivity contribution in [2.75, 3.05) is 0 Å². The minimum absolute atomic E-state index is 0.537. The highest BCUT2D eigenvalue weighted by molar-refractivity contribution is 4.85. The van der Waals surface area contributed by atoms with E-state index in [1.54, 1.807) is 0 Å². The van der Waals surface area contributed by atoms with Gasteiger partial charge < -0.3 is 4.74 Å². The fourth-order valence-corrected chi connectivity index (χ4v) is 2.61. The molecule has 4 unspecified atom stereocenters. The summed E-state index contributed by atoms with van der Waals surface area (Å²) in [5.74, 6) is 1.81. The summed E-state index contributed by atoms with van der Waals surface area (Å²) in [5, 5.41) is 0. The number of ether oxygens (including phenoxy) is 1. The molecule has 11 heavy (non-hydrogen) atoms. The summed E-state index contributed by atoms with van der Waals surface area (Å²) in [7, 11) is 0. The minimum atomic E-state index is 0.537.